The molecule has 0 unspecified atom stereocenters. The molecule has 40 heavy (non-hydrogen) atoms. The Kier molecular flexibility index (Phi) is 10.5. The van der Waals surface area contributed by atoms with Crippen molar-refractivity contribution in [3.63, 3.8) is 0 Å². The van der Waals surface area contributed by atoms with Crippen LogP contribution in [0.1, 0.15) is 70.3 Å². The van der Waals surface area contributed by atoms with Crippen molar-refractivity contribution >= 4 is 24.2 Å². The highest BCUT2D eigenvalue weighted by atomic mass is 35.5. The summed E-state index contributed by atoms with van der Waals surface area (Å²) in [5.41, 5.74) is 0.368. The molecule has 2 amide bonds. The van der Waals surface area contributed by atoms with Crippen molar-refractivity contribution in [1.29, 1.82) is 0 Å². The van der Waals surface area contributed by atoms with Gasteiger partial charge in [0.1, 0.15) is 23.1 Å². The third-order valence-corrected chi connectivity index (χ3v) is 8.96. The second-order valence-electron chi connectivity index (χ2n) is 11.6. The molecule has 2 saturated heterocycles. The smallest absolute Gasteiger partial charge is 0.248 e. The van der Waals surface area contributed by atoms with Crippen molar-refractivity contribution in [2.45, 2.75) is 88.9 Å². The quantitative estimate of drug-likeness (QED) is 0.428. The lowest BCUT2D eigenvalue weighted by molar-refractivity contribution is -0.166. The molecular formula is C32H44ClN3O4. The molecule has 1 saturated carbocycles. The first-order valence-corrected chi connectivity index (χ1v) is 14.8. The summed E-state index contributed by atoms with van der Waals surface area (Å²) in [6, 6.07) is 17.1. The van der Waals surface area contributed by atoms with Crippen LogP contribution >= 0.6 is 12.4 Å². The lowest BCUT2D eigenvalue weighted by Crippen LogP contribution is -2.75. The van der Waals surface area contributed by atoms with Crippen LogP contribution in [0.5, 0.6) is 11.5 Å². The number of unbranched alkanes of at least 4 members (excludes halogenated alkanes) is 1. The van der Waals surface area contributed by atoms with E-state index in [1.165, 1.54) is 12.0 Å². The Morgan fingerprint density at radius 1 is 0.975 bits per heavy atom. The van der Waals surface area contributed by atoms with E-state index in [0.29, 0.717) is 19.4 Å². The summed E-state index contributed by atoms with van der Waals surface area (Å²) in [6.07, 6.45) is 7.41. The van der Waals surface area contributed by atoms with Crippen LogP contribution in [0, 0.1) is 5.92 Å². The first-order valence-electron chi connectivity index (χ1n) is 14.8. The molecular weight excluding hydrogens is 526 g/mol. The predicted molar refractivity (Wildman–Crippen MR) is 159 cm³/mol. The number of benzene rings is 2. The average Bonchev–Trinajstić information content (AvgIpc) is 2.98. The molecule has 2 heterocycles. The zero-order chi connectivity index (χ0) is 27.2. The number of amides is 2. The fourth-order valence-electron chi connectivity index (χ4n) is 6.58. The number of ether oxygens (including phenoxy) is 1. The van der Waals surface area contributed by atoms with Gasteiger partial charge in [0, 0.05) is 26.2 Å². The maximum Gasteiger partial charge on any atom is 0.248 e. The molecule has 2 aliphatic heterocycles. The summed E-state index contributed by atoms with van der Waals surface area (Å²) in [7, 11) is 0. The number of likely N-dealkylation sites (tertiary alicyclic amines) is 1. The number of nitrogens with zero attached hydrogens (tertiary/aromatic N) is 2. The minimum atomic E-state index is -0.822. The van der Waals surface area contributed by atoms with Gasteiger partial charge in [0.2, 0.25) is 11.8 Å². The summed E-state index contributed by atoms with van der Waals surface area (Å²) in [5, 5.41) is 14.2. The van der Waals surface area contributed by atoms with Crippen LogP contribution in [0.15, 0.2) is 54.6 Å². The third kappa shape index (κ3) is 6.64. The van der Waals surface area contributed by atoms with Gasteiger partial charge in [0.05, 0.1) is 6.10 Å². The second-order valence-corrected chi connectivity index (χ2v) is 11.6. The van der Waals surface area contributed by atoms with E-state index in [1.807, 2.05) is 47.4 Å². The highest BCUT2D eigenvalue weighted by molar-refractivity contribution is 6.00. The fourth-order valence-corrected chi connectivity index (χ4v) is 6.58. The summed E-state index contributed by atoms with van der Waals surface area (Å²) >= 11 is 0. The first-order chi connectivity index (χ1) is 19.0. The van der Waals surface area contributed by atoms with Crippen molar-refractivity contribution in [3.05, 3.63) is 60.2 Å². The van der Waals surface area contributed by atoms with Crippen LogP contribution < -0.4 is 10.1 Å². The van der Waals surface area contributed by atoms with Crippen LogP contribution in [0.3, 0.4) is 0 Å². The third-order valence-electron chi connectivity index (χ3n) is 8.96. The highest BCUT2D eigenvalue weighted by Crippen LogP contribution is 2.36. The molecule has 2 atom stereocenters. The standard InChI is InChI=1S/C32H43N3O4.ClH/c1-2-3-20-35-30(37)28(29(36)25-10-6-4-7-11-25)33-31(38)32(35)18-21-34(22-19-32)23-24-14-16-27(17-15-24)39-26-12-8-5-9-13-26;/h5,8-9,12-17,25,28-29,36H,2-4,6-7,10-11,18-23H2,1H3,(H,33,38);1H/t28-,29+;/m1./s1. The summed E-state index contributed by atoms with van der Waals surface area (Å²) in [5.74, 6) is 1.52. The number of halogens is 1. The molecule has 0 bridgehead atoms. The van der Waals surface area contributed by atoms with E-state index in [4.69, 9.17) is 4.74 Å². The van der Waals surface area contributed by atoms with E-state index >= 15 is 0 Å². The van der Waals surface area contributed by atoms with Gasteiger partial charge >= 0.3 is 0 Å². The average molecular weight is 570 g/mol. The summed E-state index contributed by atoms with van der Waals surface area (Å²) < 4.78 is 5.92. The largest absolute Gasteiger partial charge is 0.457 e. The number of aliphatic hydroxyl groups excluding tert-OH is 1. The zero-order valence-corrected chi connectivity index (χ0v) is 24.4. The van der Waals surface area contributed by atoms with Crippen molar-refractivity contribution < 1.29 is 19.4 Å². The molecule has 5 rings (SSSR count). The molecule has 1 aliphatic carbocycles. The van der Waals surface area contributed by atoms with E-state index in [9.17, 15) is 14.7 Å². The van der Waals surface area contributed by atoms with Crippen LogP contribution in [-0.4, -0.2) is 64.0 Å². The molecule has 218 valence electrons. The summed E-state index contributed by atoms with van der Waals surface area (Å²) in [4.78, 5) is 31.7. The monoisotopic (exact) mass is 569 g/mol. The topological polar surface area (TPSA) is 82.1 Å². The molecule has 2 N–H and O–H groups in total. The lowest BCUT2D eigenvalue weighted by atomic mass is 9.78. The van der Waals surface area contributed by atoms with Crippen LogP contribution in [0.25, 0.3) is 0 Å². The molecule has 8 heteroatoms. The summed E-state index contributed by atoms with van der Waals surface area (Å²) in [6.45, 7) is 4.94. The number of hydrogen-bond donors (Lipinski definition) is 2. The van der Waals surface area contributed by atoms with Crippen molar-refractivity contribution in [2.24, 2.45) is 5.92 Å². The van der Waals surface area contributed by atoms with Crippen LogP contribution in [0.2, 0.25) is 0 Å². The molecule has 2 aromatic carbocycles. The minimum Gasteiger partial charge on any atom is -0.457 e. The highest BCUT2D eigenvalue weighted by Gasteiger charge is 2.55. The van der Waals surface area contributed by atoms with E-state index in [2.05, 4.69) is 29.3 Å². The van der Waals surface area contributed by atoms with Crippen molar-refractivity contribution in [1.82, 2.24) is 15.1 Å². The maximum atomic E-state index is 13.8. The number of rotatable bonds is 9. The SMILES string of the molecule is CCCCN1C(=O)[C@@H]([C@@H](O)C2CCCCC2)NC(=O)C12CCN(Cc1ccc(Oc3ccccc3)cc1)CC2.Cl. The van der Waals surface area contributed by atoms with Crippen molar-refractivity contribution in [3.8, 4) is 11.5 Å². The minimum absolute atomic E-state index is 0. The number of nitrogens with one attached hydrogen (secondary N) is 1. The molecule has 0 radical (unpaired) electrons. The second kappa shape index (κ2) is 13.8. The van der Waals surface area contributed by atoms with Crippen LogP contribution in [-0.2, 0) is 16.1 Å². The number of hydrogen-bond acceptors (Lipinski definition) is 5. The Balaban J connectivity index is 0.00000370. The number of piperidine rings is 1. The normalized spacial score (nSPS) is 22.4. The van der Waals surface area contributed by atoms with E-state index in [-0.39, 0.29) is 30.1 Å². The molecule has 1 spiro atoms. The van der Waals surface area contributed by atoms with Crippen LogP contribution in [0.4, 0.5) is 0 Å². The number of aliphatic hydroxyl groups is 1. The van der Waals surface area contributed by atoms with Gasteiger partial charge in [-0.05, 0) is 67.9 Å². The maximum absolute atomic E-state index is 13.8. The van der Waals surface area contributed by atoms with Gasteiger partial charge in [0.15, 0.2) is 0 Å². The molecule has 3 aliphatic rings. The molecule has 7 nitrogen and oxygen atoms in total. The number of piperazine rings is 1. The Hall–Kier alpha value is -2.61. The first kappa shape index (κ1) is 30.4. The number of para-hydroxylation sites is 1. The van der Waals surface area contributed by atoms with E-state index in [0.717, 1.165) is 69.7 Å². The number of carbonyl (C=O) groups excluding carboxylic acids is 2. The molecule has 0 aromatic heterocycles. The van der Waals surface area contributed by atoms with E-state index in [1.54, 1.807) is 0 Å². The van der Waals surface area contributed by atoms with Gasteiger partial charge < -0.3 is 20.1 Å². The molecule has 3 fully saturated rings. The van der Waals surface area contributed by atoms with Gasteiger partial charge in [-0.25, -0.2) is 0 Å². The van der Waals surface area contributed by atoms with Gasteiger partial charge in [-0.15, -0.1) is 12.4 Å². The predicted octanol–water partition coefficient (Wildman–Crippen LogP) is 5.30. The Morgan fingerprint density at radius 3 is 2.27 bits per heavy atom. The Labute approximate surface area is 244 Å². The van der Waals surface area contributed by atoms with Crippen molar-refractivity contribution in [2.75, 3.05) is 19.6 Å². The number of carbonyl (C=O) groups is 2. The Morgan fingerprint density at radius 2 is 1.62 bits per heavy atom. The molecule has 2 aromatic rings. The fraction of sp³-hybridized carbons (Fsp3) is 0.562. The van der Waals surface area contributed by atoms with Gasteiger partial charge in [0.25, 0.3) is 0 Å². The van der Waals surface area contributed by atoms with Gasteiger partial charge in [-0.3, -0.25) is 14.5 Å². The van der Waals surface area contributed by atoms with E-state index < -0.39 is 17.7 Å². The zero-order valence-electron chi connectivity index (χ0n) is 23.6. The van der Waals surface area contributed by atoms with Gasteiger partial charge in [-0.1, -0.05) is 62.9 Å². The van der Waals surface area contributed by atoms with Gasteiger partial charge in [-0.2, -0.15) is 0 Å². The Bertz CT molecular complexity index is 1100. The lowest BCUT2D eigenvalue weighted by Gasteiger charge is -2.52.